The topological polar surface area (TPSA) is 43.1 Å². The molecule has 0 amide bonds. The number of hydrogen-bond acceptors (Lipinski definition) is 2. The highest BCUT2D eigenvalue weighted by atomic mass is 16.1. The summed E-state index contributed by atoms with van der Waals surface area (Å²) in [6.07, 6.45) is 1.77. The molecule has 0 bridgehead atoms. The van der Waals surface area contributed by atoms with Crippen LogP contribution in [0.25, 0.3) is 0 Å². The van der Waals surface area contributed by atoms with Gasteiger partial charge in [0.15, 0.2) is 0 Å². The highest BCUT2D eigenvalue weighted by molar-refractivity contribution is 5.57. The van der Waals surface area contributed by atoms with Crippen LogP contribution in [-0.4, -0.2) is 12.3 Å². The van der Waals surface area contributed by atoms with Crippen LogP contribution in [0.15, 0.2) is 0 Å². The van der Waals surface area contributed by atoms with Crippen LogP contribution in [0.5, 0.6) is 0 Å². The lowest BCUT2D eigenvalue weighted by Gasteiger charge is -2.09. The molecule has 0 aromatic carbocycles. The van der Waals surface area contributed by atoms with Crippen LogP contribution < -0.4 is 5.73 Å². The van der Waals surface area contributed by atoms with Crippen molar-refractivity contribution in [1.29, 1.82) is 0 Å². The average Bonchev–Trinajstić information content (AvgIpc) is 1.84. The van der Waals surface area contributed by atoms with E-state index in [2.05, 4.69) is 0 Å². The van der Waals surface area contributed by atoms with Gasteiger partial charge in [0, 0.05) is 0 Å². The van der Waals surface area contributed by atoms with Gasteiger partial charge in [0.05, 0.1) is 6.04 Å². The maximum atomic E-state index is 9.98. The molecule has 0 aliphatic carbocycles. The monoisotopic (exact) mass is 115 g/mol. The van der Waals surface area contributed by atoms with E-state index in [4.69, 9.17) is 5.73 Å². The minimum absolute atomic E-state index is 0.264. The molecule has 0 aliphatic heterocycles. The summed E-state index contributed by atoms with van der Waals surface area (Å²) in [6, 6.07) is -0.264. The first-order chi connectivity index (χ1) is 3.72. The predicted molar refractivity (Wildman–Crippen MR) is 33.5 cm³/mol. The maximum absolute atomic E-state index is 9.98. The largest absolute Gasteiger partial charge is 0.322 e. The SMILES string of the molecule is CC[C@H](C)C(N)C=O. The first-order valence-corrected chi connectivity index (χ1v) is 2.93. The van der Waals surface area contributed by atoms with E-state index in [1.54, 1.807) is 0 Å². The first kappa shape index (κ1) is 7.63. The molecule has 8 heavy (non-hydrogen) atoms. The summed E-state index contributed by atoms with van der Waals surface area (Å²) >= 11 is 0. The van der Waals surface area contributed by atoms with Crippen molar-refractivity contribution in [2.24, 2.45) is 11.7 Å². The second kappa shape index (κ2) is 3.61. The van der Waals surface area contributed by atoms with Crippen molar-refractivity contribution in [2.45, 2.75) is 26.3 Å². The molecule has 0 fully saturated rings. The van der Waals surface area contributed by atoms with E-state index >= 15 is 0 Å². The third-order valence-corrected chi connectivity index (χ3v) is 1.46. The van der Waals surface area contributed by atoms with E-state index in [9.17, 15) is 4.79 Å². The van der Waals surface area contributed by atoms with E-state index in [1.807, 2.05) is 13.8 Å². The lowest BCUT2D eigenvalue weighted by molar-refractivity contribution is -0.109. The molecule has 2 atom stereocenters. The van der Waals surface area contributed by atoms with Crippen molar-refractivity contribution >= 4 is 6.29 Å². The van der Waals surface area contributed by atoms with Crippen molar-refractivity contribution < 1.29 is 4.79 Å². The van der Waals surface area contributed by atoms with Crippen LogP contribution >= 0.6 is 0 Å². The van der Waals surface area contributed by atoms with Gasteiger partial charge in [-0.2, -0.15) is 0 Å². The number of rotatable bonds is 3. The van der Waals surface area contributed by atoms with Gasteiger partial charge in [0.25, 0.3) is 0 Å². The molecule has 0 heterocycles. The molecule has 0 saturated carbocycles. The highest BCUT2D eigenvalue weighted by Crippen LogP contribution is 2.01. The van der Waals surface area contributed by atoms with Crippen molar-refractivity contribution in [3.8, 4) is 0 Å². The molecule has 0 aliphatic rings. The summed E-state index contributed by atoms with van der Waals surface area (Å²) in [6.45, 7) is 3.99. The lowest BCUT2D eigenvalue weighted by atomic mass is 10.0. The Hall–Kier alpha value is -0.370. The fourth-order valence-corrected chi connectivity index (χ4v) is 0.406. The standard InChI is InChI=1S/C6H13NO/c1-3-5(2)6(7)4-8/h4-6H,3,7H2,1-2H3/t5-,6?/m0/s1. The van der Waals surface area contributed by atoms with Crippen LogP contribution in [0.4, 0.5) is 0 Å². The molecule has 2 nitrogen and oxygen atoms in total. The van der Waals surface area contributed by atoms with E-state index in [0.29, 0.717) is 5.92 Å². The number of carbonyl (C=O) groups excluding carboxylic acids is 1. The molecule has 2 N–H and O–H groups in total. The Balaban J connectivity index is 3.44. The zero-order valence-electron chi connectivity index (χ0n) is 5.42. The highest BCUT2D eigenvalue weighted by Gasteiger charge is 2.07. The summed E-state index contributed by atoms with van der Waals surface area (Å²) < 4.78 is 0. The van der Waals surface area contributed by atoms with Gasteiger partial charge in [-0.05, 0) is 5.92 Å². The number of carbonyl (C=O) groups is 1. The Morgan fingerprint density at radius 2 is 2.25 bits per heavy atom. The molecule has 0 radical (unpaired) electrons. The average molecular weight is 115 g/mol. The van der Waals surface area contributed by atoms with Crippen molar-refractivity contribution in [3.63, 3.8) is 0 Å². The fourth-order valence-electron chi connectivity index (χ4n) is 0.406. The Labute approximate surface area is 50.1 Å². The third-order valence-electron chi connectivity index (χ3n) is 1.46. The Morgan fingerprint density at radius 1 is 1.75 bits per heavy atom. The molecule has 2 heteroatoms. The quantitative estimate of drug-likeness (QED) is 0.546. The molecule has 0 aromatic heterocycles. The minimum Gasteiger partial charge on any atom is -0.322 e. The van der Waals surface area contributed by atoms with Crippen molar-refractivity contribution in [2.75, 3.05) is 0 Å². The molecule has 0 spiro atoms. The Kier molecular flexibility index (Phi) is 3.44. The minimum atomic E-state index is -0.264. The summed E-state index contributed by atoms with van der Waals surface area (Å²) in [5.41, 5.74) is 5.36. The Bertz CT molecular complexity index is 72.9. The summed E-state index contributed by atoms with van der Waals surface area (Å²) in [5.74, 6) is 0.326. The molecule has 48 valence electrons. The van der Waals surface area contributed by atoms with E-state index in [-0.39, 0.29) is 6.04 Å². The second-order valence-electron chi connectivity index (χ2n) is 2.10. The number of aldehydes is 1. The molecule has 1 unspecified atom stereocenters. The van der Waals surface area contributed by atoms with Crippen LogP contribution in [0.2, 0.25) is 0 Å². The Morgan fingerprint density at radius 3 is 2.38 bits per heavy atom. The first-order valence-electron chi connectivity index (χ1n) is 2.93. The van der Waals surface area contributed by atoms with Gasteiger partial charge in [-0.3, -0.25) is 0 Å². The van der Waals surface area contributed by atoms with Crippen molar-refractivity contribution in [1.82, 2.24) is 0 Å². The predicted octanol–water partition coefficient (Wildman–Crippen LogP) is 0.559. The van der Waals surface area contributed by atoms with E-state index in [0.717, 1.165) is 12.7 Å². The van der Waals surface area contributed by atoms with Gasteiger partial charge in [0.2, 0.25) is 0 Å². The third kappa shape index (κ3) is 2.07. The zero-order chi connectivity index (χ0) is 6.57. The van der Waals surface area contributed by atoms with Gasteiger partial charge >= 0.3 is 0 Å². The maximum Gasteiger partial charge on any atom is 0.136 e. The molecular formula is C6H13NO. The lowest BCUT2D eigenvalue weighted by Crippen LogP contribution is -2.28. The summed E-state index contributed by atoms with van der Waals surface area (Å²) in [4.78, 5) is 9.98. The fraction of sp³-hybridized carbons (Fsp3) is 0.833. The van der Waals surface area contributed by atoms with Gasteiger partial charge in [-0.15, -0.1) is 0 Å². The smallest absolute Gasteiger partial charge is 0.136 e. The van der Waals surface area contributed by atoms with Crippen LogP contribution in [0.1, 0.15) is 20.3 Å². The number of hydrogen-bond donors (Lipinski definition) is 1. The van der Waals surface area contributed by atoms with Gasteiger partial charge < -0.3 is 10.5 Å². The molecule has 0 rings (SSSR count). The number of nitrogens with two attached hydrogens (primary N) is 1. The van der Waals surface area contributed by atoms with E-state index in [1.165, 1.54) is 0 Å². The van der Waals surface area contributed by atoms with Gasteiger partial charge in [-0.1, -0.05) is 20.3 Å². The van der Waals surface area contributed by atoms with Gasteiger partial charge in [-0.25, -0.2) is 0 Å². The molecule has 0 aromatic rings. The van der Waals surface area contributed by atoms with Crippen LogP contribution in [0, 0.1) is 5.92 Å². The second-order valence-corrected chi connectivity index (χ2v) is 2.10. The zero-order valence-corrected chi connectivity index (χ0v) is 5.42. The molecular weight excluding hydrogens is 102 g/mol. The summed E-state index contributed by atoms with van der Waals surface area (Å²) in [5, 5.41) is 0. The van der Waals surface area contributed by atoms with Crippen LogP contribution in [0.3, 0.4) is 0 Å². The molecule has 0 saturated heterocycles. The van der Waals surface area contributed by atoms with Crippen LogP contribution in [-0.2, 0) is 4.79 Å². The van der Waals surface area contributed by atoms with Crippen molar-refractivity contribution in [3.05, 3.63) is 0 Å². The summed E-state index contributed by atoms with van der Waals surface area (Å²) in [7, 11) is 0. The van der Waals surface area contributed by atoms with Gasteiger partial charge in [0.1, 0.15) is 6.29 Å². The normalized spacial score (nSPS) is 17.4. The van der Waals surface area contributed by atoms with E-state index < -0.39 is 0 Å².